The van der Waals surface area contributed by atoms with Crippen LogP contribution in [0.25, 0.3) is 11.1 Å². The van der Waals surface area contributed by atoms with Crippen molar-refractivity contribution in [2.45, 2.75) is 20.3 Å². The van der Waals surface area contributed by atoms with Gasteiger partial charge in [0.05, 0.1) is 11.6 Å². The Labute approximate surface area is 144 Å². The maximum Gasteiger partial charge on any atom is 0.233 e. The molecular weight excluding hydrogens is 294 g/mol. The SMILES string of the molecule is Cc1ccc(N(C)C(=O)C2C=CC=CC2)c(-c2ccccc2C)c1. The van der Waals surface area contributed by atoms with Crippen LogP contribution in [0, 0.1) is 19.8 Å². The highest BCUT2D eigenvalue weighted by molar-refractivity contribution is 6.00. The van der Waals surface area contributed by atoms with Crippen molar-refractivity contribution in [3.63, 3.8) is 0 Å². The Morgan fingerprint density at radius 2 is 1.83 bits per heavy atom. The summed E-state index contributed by atoms with van der Waals surface area (Å²) in [6, 6.07) is 14.6. The van der Waals surface area contributed by atoms with Crippen molar-refractivity contribution < 1.29 is 4.79 Å². The molecule has 1 atom stereocenters. The monoisotopic (exact) mass is 317 g/mol. The molecule has 1 amide bonds. The summed E-state index contributed by atoms with van der Waals surface area (Å²) < 4.78 is 0. The molecule has 2 aromatic rings. The van der Waals surface area contributed by atoms with E-state index in [2.05, 4.69) is 44.2 Å². The van der Waals surface area contributed by atoms with Gasteiger partial charge in [-0.3, -0.25) is 4.79 Å². The molecule has 3 rings (SSSR count). The van der Waals surface area contributed by atoms with Gasteiger partial charge in [0.2, 0.25) is 5.91 Å². The van der Waals surface area contributed by atoms with Crippen molar-refractivity contribution in [1.82, 2.24) is 0 Å². The molecule has 0 saturated carbocycles. The molecule has 1 aliphatic rings. The predicted octanol–water partition coefficient (Wildman–Crippen LogP) is 5.07. The summed E-state index contributed by atoms with van der Waals surface area (Å²) in [6.07, 6.45) is 8.76. The van der Waals surface area contributed by atoms with Crippen LogP contribution in [0.2, 0.25) is 0 Å². The number of amides is 1. The molecule has 0 aromatic heterocycles. The Morgan fingerprint density at radius 1 is 1.04 bits per heavy atom. The molecular formula is C22H23NO. The average Bonchev–Trinajstić information content (AvgIpc) is 2.61. The van der Waals surface area contributed by atoms with Crippen LogP contribution >= 0.6 is 0 Å². The number of hydrogen-bond acceptors (Lipinski definition) is 1. The van der Waals surface area contributed by atoms with E-state index >= 15 is 0 Å². The van der Waals surface area contributed by atoms with E-state index in [1.165, 1.54) is 16.7 Å². The third-order valence-electron chi connectivity index (χ3n) is 4.58. The van der Waals surface area contributed by atoms with Crippen molar-refractivity contribution in [2.24, 2.45) is 5.92 Å². The van der Waals surface area contributed by atoms with Gasteiger partial charge in [0.15, 0.2) is 0 Å². The summed E-state index contributed by atoms with van der Waals surface area (Å²) in [5.41, 5.74) is 5.65. The first-order valence-electron chi connectivity index (χ1n) is 8.35. The quantitative estimate of drug-likeness (QED) is 0.774. The van der Waals surface area contributed by atoms with E-state index in [0.29, 0.717) is 0 Å². The van der Waals surface area contributed by atoms with Gasteiger partial charge < -0.3 is 4.90 Å². The van der Waals surface area contributed by atoms with Crippen molar-refractivity contribution in [3.8, 4) is 11.1 Å². The smallest absolute Gasteiger partial charge is 0.233 e. The molecule has 0 aliphatic heterocycles. The van der Waals surface area contributed by atoms with E-state index in [9.17, 15) is 4.79 Å². The van der Waals surface area contributed by atoms with Crippen molar-refractivity contribution >= 4 is 11.6 Å². The fourth-order valence-electron chi connectivity index (χ4n) is 3.16. The van der Waals surface area contributed by atoms with E-state index in [4.69, 9.17) is 0 Å². The molecule has 0 N–H and O–H groups in total. The van der Waals surface area contributed by atoms with Gasteiger partial charge in [-0.05, 0) is 43.5 Å². The molecule has 1 aliphatic carbocycles. The molecule has 0 fully saturated rings. The Morgan fingerprint density at radius 3 is 2.54 bits per heavy atom. The molecule has 0 heterocycles. The minimum Gasteiger partial charge on any atom is -0.314 e. The topological polar surface area (TPSA) is 20.3 Å². The lowest BCUT2D eigenvalue weighted by atomic mass is 9.95. The molecule has 2 aromatic carbocycles. The lowest BCUT2D eigenvalue weighted by molar-refractivity contribution is -0.120. The third-order valence-corrected chi connectivity index (χ3v) is 4.58. The van der Waals surface area contributed by atoms with Crippen molar-refractivity contribution in [3.05, 3.63) is 77.9 Å². The van der Waals surface area contributed by atoms with Gasteiger partial charge in [0.1, 0.15) is 0 Å². The molecule has 1 unspecified atom stereocenters. The number of anilines is 1. The zero-order chi connectivity index (χ0) is 17.1. The molecule has 2 nitrogen and oxygen atoms in total. The molecule has 0 saturated heterocycles. The molecule has 0 spiro atoms. The second-order valence-electron chi connectivity index (χ2n) is 6.39. The van der Waals surface area contributed by atoms with Gasteiger partial charge in [0, 0.05) is 12.6 Å². The highest BCUT2D eigenvalue weighted by atomic mass is 16.2. The van der Waals surface area contributed by atoms with E-state index in [1.807, 2.05) is 43.5 Å². The summed E-state index contributed by atoms with van der Waals surface area (Å²) in [7, 11) is 1.88. The number of carbonyl (C=O) groups is 1. The Hall–Kier alpha value is -2.61. The zero-order valence-corrected chi connectivity index (χ0v) is 14.5. The first-order chi connectivity index (χ1) is 11.6. The summed E-state index contributed by atoms with van der Waals surface area (Å²) in [5, 5.41) is 0. The Kier molecular flexibility index (Phi) is 4.66. The van der Waals surface area contributed by atoms with Crippen LogP contribution in [-0.2, 0) is 4.79 Å². The van der Waals surface area contributed by atoms with Gasteiger partial charge >= 0.3 is 0 Å². The number of rotatable bonds is 3. The van der Waals surface area contributed by atoms with Crippen LogP contribution in [-0.4, -0.2) is 13.0 Å². The molecule has 0 radical (unpaired) electrons. The molecule has 24 heavy (non-hydrogen) atoms. The van der Waals surface area contributed by atoms with Gasteiger partial charge in [-0.1, -0.05) is 60.2 Å². The minimum absolute atomic E-state index is 0.0778. The summed E-state index contributed by atoms with van der Waals surface area (Å²) in [5.74, 6) is 0.0558. The van der Waals surface area contributed by atoms with Gasteiger partial charge in [0.25, 0.3) is 0 Å². The molecule has 122 valence electrons. The maximum atomic E-state index is 12.9. The fourth-order valence-corrected chi connectivity index (χ4v) is 3.16. The lowest BCUT2D eigenvalue weighted by Gasteiger charge is -2.25. The van der Waals surface area contributed by atoms with Crippen LogP contribution in [0.1, 0.15) is 17.5 Å². The fraction of sp³-hybridized carbons (Fsp3) is 0.227. The zero-order valence-electron chi connectivity index (χ0n) is 14.5. The minimum atomic E-state index is -0.0778. The highest BCUT2D eigenvalue weighted by Gasteiger charge is 2.23. The summed E-state index contributed by atoms with van der Waals surface area (Å²) in [4.78, 5) is 14.7. The van der Waals surface area contributed by atoms with Crippen molar-refractivity contribution in [1.29, 1.82) is 0 Å². The van der Waals surface area contributed by atoms with Gasteiger partial charge in [-0.25, -0.2) is 0 Å². The number of aryl methyl sites for hydroxylation is 2. The largest absolute Gasteiger partial charge is 0.314 e. The average molecular weight is 317 g/mol. The van der Waals surface area contributed by atoms with Gasteiger partial charge in [-0.2, -0.15) is 0 Å². The summed E-state index contributed by atoms with van der Waals surface area (Å²) in [6.45, 7) is 4.19. The number of hydrogen-bond donors (Lipinski definition) is 0. The Balaban J connectivity index is 2.02. The van der Waals surface area contributed by atoms with Gasteiger partial charge in [-0.15, -0.1) is 0 Å². The lowest BCUT2D eigenvalue weighted by Crippen LogP contribution is -2.32. The Bertz CT molecular complexity index is 816. The van der Waals surface area contributed by atoms with Crippen LogP contribution < -0.4 is 4.90 Å². The van der Waals surface area contributed by atoms with Crippen LogP contribution in [0.3, 0.4) is 0 Å². The predicted molar refractivity (Wildman–Crippen MR) is 101 cm³/mol. The number of benzene rings is 2. The second-order valence-corrected chi connectivity index (χ2v) is 6.39. The normalized spacial score (nSPS) is 16.2. The first kappa shape index (κ1) is 16.3. The summed E-state index contributed by atoms with van der Waals surface area (Å²) >= 11 is 0. The number of allylic oxidation sites excluding steroid dienone is 3. The van der Waals surface area contributed by atoms with E-state index in [0.717, 1.165) is 17.7 Å². The standard InChI is InChI=1S/C22H23NO/c1-16-13-14-21(20(15-16)19-12-8-7-9-17(19)2)23(3)22(24)18-10-5-4-6-11-18/h4-10,12-15,18H,11H2,1-3H3. The highest BCUT2D eigenvalue weighted by Crippen LogP contribution is 2.34. The molecule has 2 heteroatoms. The van der Waals surface area contributed by atoms with Crippen LogP contribution in [0.5, 0.6) is 0 Å². The number of nitrogens with zero attached hydrogens (tertiary/aromatic N) is 1. The van der Waals surface area contributed by atoms with E-state index < -0.39 is 0 Å². The third kappa shape index (κ3) is 3.18. The van der Waals surface area contributed by atoms with E-state index in [1.54, 1.807) is 4.90 Å². The van der Waals surface area contributed by atoms with E-state index in [-0.39, 0.29) is 11.8 Å². The molecule has 0 bridgehead atoms. The van der Waals surface area contributed by atoms with Crippen LogP contribution in [0.4, 0.5) is 5.69 Å². The maximum absolute atomic E-state index is 12.9. The number of carbonyl (C=O) groups excluding carboxylic acids is 1. The second kappa shape index (κ2) is 6.88. The van der Waals surface area contributed by atoms with Crippen LogP contribution in [0.15, 0.2) is 66.8 Å². The van der Waals surface area contributed by atoms with Crippen molar-refractivity contribution in [2.75, 3.05) is 11.9 Å². The first-order valence-corrected chi connectivity index (χ1v) is 8.35.